The molecule has 1 aliphatic rings. The molecule has 1 saturated heterocycles. The van der Waals surface area contributed by atoms with E-state index < -0.39 is 0 Å². The van der Waals surface area contributed by atoms with E-state index in [0.717, 1.165) is 43.2 Å². The predicted octanol–water partition coefficient (Wildman–Crippen LogP) is 3.74. The minimum atomic E-state index is -0.0150. The van der Waals surface area contributed by atoms with E-state index in [1.807, 2.05) is 24.3 Å². The summed E-state index contributed by atoms with van der Waals surface area (Å²) < 4.78 is 5.12. The largest absolute Gasteiger partial charge is 0.497 e. The molecule has 1 amide bonds. The van der Waals surface area contributed by atoms with Crippen LogP contribution in [0.2, 0.25) is 5.02 Å². The molecule has 4 nitrogen and oxygen atoms in total. The highest BCUT2D eigenvalue weighted by Gasteiger charge is 2.21. The van der Waals surface area contributed by atoms with Gasteiger partial charge in [-0.25, -0.2) is 0 Å². The summed E-state index contributed by atoms with van der Waals surface area (Å²) in [5, 5.41) is 3.91. The van der Waals surface area contributed by atoms with Crippen LogP contribution in [-0.2, 0) is 6.54 Å². The number of piperidine rings is 1. The Labute approximate surface area is 153 Å². The van der Waals surface area contributed by atoms with E-state index >= 15 is 0 Å². The first-order valence-corrected chi connectivity index (χ1v) is 8.93. The summed E-state index contributed by atoms with van der Waals surface area (Å²) >= 11 is 5.93. The smallest absolute Gasteiger partial charge is 0.251 e. The molecule has 1 heterocycles. The number of amides is 1. The van der Waals surface area contributed by atoms with Crippen molar-refractivity contribution >= 4 is 17.5 Å². The van der Waals surface area contributed by atoms with Crippen molar-refractivity contribution in [3.8, 4) is 5.75 Å². The Morgan fingerprint density at radius 2 is 1.76 bits per heavy atom. The summed E-state index contributed by atoms with van der Waals surface area (Å²) in [6.45, 7) is 2.89. The van der Waals surface area contributed by atoms with Crippen LogP contribution < -0.4 is 10.1 Å². The molecule has 0 bridgehead atoms. The van der Waals surface area contributed by atoms with Crippen molar-refractivity contribution in [2.24, 2.45) is 0 Å². The van der Waals surface area contributed by atoms with Gasteiger partial charge in [0.2, 0.25) is 0 Å². The molecule has 5 heteroatoms. The van der Waals surface area contributed by atoms with Gasteiger partial charge in [0.15, 0.2) is 0 Å². The molecule has 0 aliphatic carbocycles. The fraction of sp³-hybridized carbons (Fsp3) is 0.350. The van der Waals surface area contributed by atoms with Crippen LogP contribution >= 0.6 is 11.6 Å². The van der Waals surface area contributed by atoms with Crippen LogP contribution in [0.1, 0.15) is 28.8 Å². The molecule has 0 aromatic heterocycles. The number of ether oxygens (including phenoxy) is 1. The lowest BCUT2D eigenvalue weighted by Crippen LogP contribution is -2.44. The van der Waals surface area contributed by atoms with E-state index in [-0.39, 0.29) is 11.9 Å². The predicted molar refractivity (Wildman–Crippen MR) is 100 cm³/mol. The Hall–Kier alpha value is -2.04. The second kappa shape index (κ2) is 8.37. The first kappa shape index (κ1) is 17.8. The maximum Gasteiger partial charge on any atom is 0.251 e. The molecular formula is C20H23ClN2O2. The monoisotopic (exact) mass is 358 g/mol. The second-order valence-corrected chi connectivity index (χ2v) is 6.82. The number of hydrogen-bond donors (Lipinski definition) is 1. The summed E-state index contributed by atoms with van der Waals surface area (Å²) in [7, 11) is 1.62. The first-order valence-electron chi connectivity index (χ1n) is 8.56. The number of nitrogens with zero attached hydrogens (tertiary/aromatic N) is 1. The molecule has 1 aliphatic heterocycles. The fourth-order valence-corrected chi connectivity index (χ4v) is 3.22. The highest BCUT2D eigenvalue weighted by molar-refractivity contribution is 6.30. The first-order chi connectivity index (χ1) is 12.1. The lowest BCUT2D eigenvalue weighted by molar-refractivity contribution is 0.0909. The van der Waals surface area contributed by atoms with Crippen LogP contribution in [0.4, 0.5) is 0 Å². The number of likely N-dealkylation sites (tertiary alicyclic amines) is 1. The highest BCUT2D eigenvalue weighted by Crippen LogP contribution is 2.17. The molecule has 1 fully saturated rings. The van der Waals surface area contributed by atoms with Crippen molar-refractivity contribution in [1.29, 1.82) is 0 Å². The van der Waals surface area contributed by atoms with Crippen molar-refractivity contribution in [2.45, 2.75) is 25.4 Å². The van der Waals surface area contributed by atoms with Gasteiger partial charge in [0, 0.05) is 36.3 Å². The van der Waals surface area contributed by atoms with Gasteiger partial charge in [-0.15, -0.1) is 0 Å². The molecule has 2 aromatic rings. The molecule has 0 spiro atoms. The zero-order valence-electron chi connectivity index (χ0n) is 14.4. The van der Waals surface area contributed by atoms with Gasteiger partial charge in [-0.1, -0.05) is 23.7 Å². The summed E-state index contributed by atoms with van der Waals surface area (Å²) in [6.07, 6.45) is 1.94. The third-order valence-corrected chi connectivity index (χ3v) is 4.85. The lowest BCUT2D eigenvalue weighted by atomic mass is 10.0. The number of rotatable bonds is 5. The third kappa shape index (κ3) is 4.97. The molecular weight excluding hydrogens is 336 g/mol. The van der Waals surface area contributed by atoms with Crippen molar-refractivity contribution in [1.82, 2.24) is 10.2 Å². The molecule has 1 N–H and O–H groups in total. The van der Waals surface area contributed by atoms with Crippen LogP contribution in [0.3, 0.4) is 0 Å². The van der Waals surface area contributed by atoms with Gasteiger partial charge in [0.1, 0.15) is 5.75 Å². The van der Waals surface area contributed by atoms with Gasteiger partial charge >= 0.3 is 0 Å². The van der Waals surface area contributed by atoms with Gasteiger partial charge in [-0.2, -0.15) is 0 Å². The van der Waals surface area contributed by atoms with Crippen molar-refractivity contribution in [3.63, 3.8) is 0 Å². The quantitative estimate of drug-likeness (QED) is 0.885. The molecule has 2 aromatic carbocycles. The number of halogens is 1. The lowest BCUT2D eigenvalue weighted by Gasteiger charge is -2.32. The van der Waals surface area contributed by atoms with E-state index in [4.69, 9.17) is 16.3 Å². The summed E-state index contributed by atoms with van der Waals surface area (Å²) in [6, 6.07) is 15.4. The van der Waals surface area contributed by atoms with Crippen molar-refractivity contribution in [2.75, 3.05) is 20.2 Å². The zero-order chi connectivity index (χ0) is 17.6. The Kier molecular flexibility index (Phi) is 5.95. The fourth-order valence-electron chi connectivity index (χ4n) is 3.09. The number of benzene rings is 2. The van der Waals surface area contributed by atoms with E-state index in [2.05, 4.69) is 22.3 Å². The van der Waals surface area contributed by atoms with E-state index in [1.165, 1.54) is 5.56 Å². The Bertz CT molecular complexity index is 693. The average molecular weight is 359 g/mol. The summed E-state index contributed by atoms with van der Waals surface area (Å²) in [5.41, 5.74) is 1.94. The standard InChI is InChI=1S/C20H23ClN2O2/c1-25-19-8-4-16(5-9-19)20(24)22-18-10-12-23(13-11-18)14-15-2-6-17(21)7-3-15/h2-9,18H,10-14H2,1H3,(H,22,24). The van der Waals surface area contributed by atoms with Crippen LogP contribution in [0.15, 0.2) is 48.5 Å². The molecule has 0 atom stereocenters. The maximum atomic E-state index is 12.3. The molecule has 0 unspecified atom stereocenters. The van der Waals surface area contributed by atoms with Crippen LogP contribution in [0.5, 0.6) is 5.75 Å². The van der Waals surface area contributed by atoms with Crippen molar-refractivity contribution < 1.29 is 9.53 Å². The van der Waals surface area contributed by atoms with Gasteiger partial charge in [-0.3, -0.25) is 9.69 Å². The molecule has 0 saturated carbocycles. The summed E-state index contributed by atoms with van der Waals surface area (Å²) in [5.74, 6) is 0.742. The number of nitrogens with one attached hydrogen (secondary N) is 1. The number of methoxy groups -OCH3 is 1. The Morgan fingerprint density at radius 1 is 1.12 bits per heavy atom. The Morgan fingerprint density at radius 3 is 2.36 bits per heavy atom. The number of hydrogen-bond acceptors (Lipinski definition) is 3. The van der Waals surface area contributed by atoms with Crippen molar-refractivity contribution in [3.05, 3.63) is 64.7 Å². The van der Waals surface area contributed by atoms with Gasteiger partial charge in [0.25, 0.3) is 5.91 Å². The number of carbonyl (C=O) groups excluding carboxylic acids is 1. The van der Waals surface area contributed by atoms with Crippen LogP contribution in [0, 0.1) is 0 Å². The van der Waals surface area contributed by atoms with Crippen LogP contribution in [-0.4, -0.2) is 37.0 Å². The maximum absolute atomic E-state index is 12.3. The van der Waals surface area contributed by atoms with E-state index in [9.17, 15) is 4.79 Å². The minimum Gasteiger partial charge on any atom is -0.497 e. The minimum absolute atomic E-state index is 0.0150. The normalized spacial score (nSPS) is 15.8. The van der Waals surface area contributed by atoms with Gasteiger partial charge in [0.05, 0.1) is 7.11 Å². The highest BCUT2D eigenvalue weighted by atomic mass is 35.5. The average Bonchev–Trinajstić information content (AvgIpc) is 2.65. The van der Waals surface area contributed by atoms with E-state index in [1.54, 1.807) is 19.2 Å². The zero-order valence-corrected chi connectivity index (χ0v) is 15.1. The molecule has 3 rings (SSSR count). The topological polar surface area (TPSA) is 41.6 Å². The second-order valence-electron chi connectivity index (χ2n) is 6.38. The van der Waals surface area contributed by atoms with Gasteiger partial charge in [-0.05, 0) is 54.8 Å². The third-order valence-electron chi connectivity index (χ3n) is 4.59. The van der Waals surface area contributed by atoms with E-state index in [0.29, 0.717) is 5.56 Å². The number of carbonyl (C=O) groups is 1. The van der Waals surface area contributed by atoms with Gasteiger partial charge < -0.3 is 10.1 Å². The Balaban J connectivity index is 1.46. The molecule has 0 radical (unpaired) electrons. The SMILES string of the molecule is COc1ccc(C(=O)NC2CCN(Cc3ccc(Cl)cc3)CC2)cc1. The molecule has 132 valence electrons. The van der Waals surface area contributed by atoms with Crippen LogP contribution in [0.25, 0.3) is 0 Å². The molecule has 25 heavy (non-hydrogen) atoms. The summed E-state index contributed by atoms with van der Waals surface area (Å²) in [4.78, 5) is 14.8.